The fourth-order valence-corrected chi connectivity index (χ4v) is 3.51. The van der Waals surface area contributed by atoms with Gasteiger partial charge in [-0.05, 0) is 50.3 Å². The van der Waals surface area contributed by atoms with E-state index in [1.54, 1.807) is 11.8 Å². The Bertz CT molecular complexity index is 740. The Morgan fingerprint density at radius 3 is 2.66 bits per heavy atom. The highest BCUT2D eigenvalue weighted by Crippen LogP contribution is 2.27. The Morgan fingerprint density at radius 1 is 1.24 bits per heavy atom. The highest BCUT2D eigenvalue weighted by molar-refractivity contribution is 5.93. The molecule has 158 valence electrons. The third-order valence-electron chi connectivity index (χ3n) is 5.48. The van der Waals surface area contributed by atoms with Crippen molar-refractivity contribution in [3.8, 4) is 0 Å². The van der Waals surface area contributed by atoms with Crippen molar-refractivity contribution in [1.82, 2.24) is 10.2 Å². The van der Waals surface area contributed by atoms with Gasteiger partial charge in [0.15, 0.2) is 5.96 Å². The van der Waals surface area contributed by atoms with Crippen LogP contribution in [0.3, 0.4) is 0 Å². The predicted octanol–water partition coefficient (Wildman–Crippen LogP) is 2.45. The van der Waals surface area contributed by atoms with Crippen molar-refractivity contribution in [3.63, 3.8) is 0 Å². The maximum atomic E-state index is 12.1. The molecule has 0 aromatic heterocycles. The van der Waals surface area contributed by atoms with Gasteiger partial charge < -0.3 is 26.0 Å². The number of anilines is 1. The number of rotatable bonds is 6. The highest BCUT2D eigenvalue weighted by atomic mass is 16.6. The van der Waals surface area contributed by atoms with Crippen molar-refractivity contribution in [1.29, 1.82) is 0 Å². The summed E-state index contributed by atoms with van der Waals surface area (Å²) in [6.07, 6.45) is 4.46. The van der Waals surface area contributed by atoms with E-state index in [0.29, 0.717) is 32.2 Å². The summed E-state index contributed by atoms with van der Waals surface area (Å²) in [7, 11) is 0. The molecule has 2 aliphatic rings. The van der Waals surface area contributed by atoms with Gasteiger partial charge in [0.25, 0.3) is 0 Å². The summed E-state index contributed by atoms with van der Waals surface area (Å²) in [6, 6.07) is 7.90. The van der Waals surface area contributed by atoms with Crippen molar-refractivity contribution in [3.05, 3.63) is 29.8 Å². The number of amides is 2. The molecule has 0 spiro atoms. The Kier molecular flexibility index (Phi) is 7.32. The smallest absolute Gasteiger partial charge is 0.409 e. The van der Waals surface area contributed by atoms with Crippen molar-refractivity contribution < 1.29 is 14.3 Å². The van der Waals surface area contributed by atoms with E-state index in [4.69, 9.17) is 10.5 Å². The van der Waals surface area contributed by atoms with Gasteiger partial charge in [0.2, 0.25) is 5.91 Å². The standard InChI is InChI=1S/C21H31N5O3/c1-2-29-21(28)26-11-9-17(10-12-26)25-20(22)23-14-15-5-3-8-18(13-15)24-19(27)16-6-4-7-16/h3,5,8,13,16-17H,2,4,6-7,9-12,14H2,1H3,(H,24,27)(H3,22,23,25). The fraction of sp³-hybridized carbons (Fsp3) is 0.571. The summed E-state index contributed by atoms with van der Waals surface area (Å²) in [4.78, 5) is 30.0. The van der Waals surface area contributed by atoms with Gasteiger partial charge in [0.1, 0.15) is 0 Å². The molecule has 1 aromatic rings. The lowest BCUT2D eigenvalue weighted by Gasteiger charge is -2.31. The number of aliphatic imine (C=N–C) groups is 1. The molecule has 1 aromatic carbocycles. The molecule has 1 aliphatic carbocycles. The molecule has 3 rings (SSSR count). The van der Waals surface area contributed by atoms with E-state index in [-0.39, 0.29) is 24.0 Å². The van der Waals surface area contributed by atoms with Gasteiger partial charge in [0.05, 0.1) is 13.2 Å². The van der Waals surface area contributed by atoms with E-state index in [1.165, 1.54) is 0 Å². The Balaban J connectivity index is 1.44. The maximum Gasteiger partial charge on any atom is 0.409 e. The van der Waals surface area contributed by atoms with Gasteiger partial charge in [-0.2, -0.15) is 0 Å². The van der Waals surface area contributed by atoms with Crippen LogP contribution in [0.4, 0.5) is 10.5 Å². The van der Waals surface area contributed by atoms with Crippen LogP contribution >= 0.6 is 0 Å². The van der Waals surface area contributed by atoms with Crippen molar-refractivity contribution in [2.75, 3.05) is 25.0 Å². The number of hydrogen-bond donors (Lipinski definition) is 3. The normalized spacial score (nSPS) is 18.1. The van der Waals surface area contributed by atoms with Crippen LogP contribution in [0.25, 0.3) is 0 Å². The van der Waals surface area contributed by atoms with Gasteiger partial charge >= 0.3 is 6.09 Å². The minimum atomic E-state index is -0.253. The first kappa shape index (κ1) is 21.0. The minimum absolute atomic E-state index is 0.104. The van der Waals surface area contributed by atoms with Crippen molar-refractivity contribution >= 4 is 23.6 Å². The SMILES string of the molecule is CCOC(=O)N1CCC(NC(N)=NCc2cccc(NC(=O)C3CCC3)c2)CC1. The molecular formula is C21H31N5O3. The second-order valence-electron chi connectivity index (χ2n) is 7.62. The van der Waals surface area contributed by atoms with E-state index >= 15 is 0 Å². The van der Waals surface area contributed by atoms with Crippen LogP contribution in [0, 0.1) is 5.92 Å². The molecule has 0 bridgehead atoms. The summed E-state index contributed by atoms with van der Waals surface area (Å²) in [5, 5.41) is 6.22. The summed E-state index contributed by atoms with van der Waals surface area (Å²) >= 11 is 0. The molecule has 8 heteroatoms. The third kappa shape index (κ3) is 6.10. The van der Waals surface area contributed by atoms with Gasteiger partial charge in [-0.1, -0.05) is 18.6 Å². The zero-order valence-corrected chi connectivity index (χ0v) is 17.0. The number of nitrogens with one attached hydrogen (secondary N) is 2. The van der Waals surface area contributed by atoms with Crippen LogP contribution in [0.2, 0.25) is 0 Å². The van der Waals surface area contributed by atoms with Crippen molar-refractivity contribution in [2.24, 2.45) is 16.6 Å². The number of piperidine rings is 1. The van der Waals surface area contributed by atoms with E-state index in [9.17, 15) is 9.59 Å². The van der Waals surface area contributed by atoms with Crippen LogP contribution in [-0.2, 0) is 16.1 Å². The molecule has 1 saturated heterocycles. The topological polar surface area (TPSA) is 109 Å². The van der Waals surface area contributed by atoms with E-state index in [1.807, 2.05) is 24.3 Å². The van der Waals surface area contributed by atoms with Crippen LogP contribution < -0.4 is 16.4 Å². The fourth-order valence-electron chi connectivity index (χ4n) is 3.51. The van der Waals surface area contributed by atoms with Crippen LogP contribution in [-0.4, -0.2) is 48.6 Å². The van der Waals surface area contributed by atoms with Gasteiger partial charge in [-0.25, -0.2) is 9.79 Å². The molecule has 0 atom stereocenters. The second-order valence-corrected chi connectivity index (χ2v) is 7.62. The zero-order valence-electron chi connectivity index (χ0n) is 17.0. The summed E-state index contributed by atoms with van der Waals surface area (Å²) < 4.78 is 5.03. The van der Waals surface area contributed by atoms with E-state index in [0.717, 1.165) is 43.4 Å². The summed E-state index contributed by atoms with van der Waals surface area (Å²) in [5.74, 6) is 0.655. The number of guanidine groups is 1. The number of nitrogens with zero attached hydrogens (tertiary/aromatic N) is 2. The minimum Gasteiger partial charge on any atom is -0.450 e. The molecule has 1 aliphatic heterocycles. The molecule has 0 unspecified atom stereocenters. The molecule has 0 radical (unpaired) electrons. The summed E-state index contributed by atoms with van der Waals surface area (Å²) in [5.41, 5.74) is 7.83. The van der Waals surface area contributed by atoms with Gasteiger partial charge in [-0.3, -0.25) is 4.79 Å². The largest absolute Gasteiger partial charge is 0.450 e. The number of carbonyl (C=O) groups excluding carboxylic acids is 2. The van der Waals surface area contributed by atoms with Crippen LogP contribution in [0.1, 0.15) is 44.6 Å². The van der Waals surface area contributed by atoms with Crippen LogP contribution in [0.5, 0.6) is 0 Å². The molecular weight excluding hydrogens is 370 g/mol. The predicted molar refractivity (Wildman–Crippen MR) is 112 cm³/mol. The van der Waals surface area contributed by atoms with E-state index in [2.05, 4.69) is 15.6 Å². The van der Waals surface area contributed by atoms with Gasteiger partial charge in [-0.15, -0.1) is 0 Å². The monoisotopic (exact) mass is 401 g/mol. The number of nitrogens with two attached hydrogens (primary N) is 1. The Labute approximate surface area is 171 Å². The molecule has 1 saturated carbocycles. The first-order valence-electron chi connectivity index (χ1n) is 10.4. The lowest BCUT2D eigenvalue weighted by molar-refractivity contribution is -0.122. The molecule has 4 N–H and O–H groups in total. The second kappa shape index (κ2) is 10.1. The van der Waals surface area contributed by atoms with Gasteiger partial charge in [0, 0.05) is 30.7 Å². The lowest BCUT2D eigenvalue weighted by atomic mass is 9.85. The highest BCUT2D eigenvalue weighted by Gasteiger charge is 2.25. The molecule has 29 heavy (non-hydrogen) atoms. The number of likely N-dealkylation sites (tertiary alicyclic amines) is 1. The molecule has 2 fully saturated rings. The molecule has 1 heterocycles. The molecule has 2 amide bonds. The quantitative estimate of drug-likeness (QED) is 0.501. The first-order chi connectivity index (χ1) is 14.0. The number of benzene rings is 1. The zero-order chi connectivity index (χ0) is 20.6. The number of hydrogen-bond acceptors (Lipinski definition) is 4. The third-order valence-corrected chi connectivity index (χ3v) is 5.48. The maximum absolute atomic E-state index is 12.1. The summed E-state index contributed by atoms with van der Waals surface area (Å²) in [6.45, 7) is 3.93. The lowest BCUT2D eigenvalue weighted by Crippen LogP contribution is -2.48. The first-order valence-corrected chi connectivity index (χ1v) is 10.4. The average Bonchev–Trinajstić information content (AvgIpc) is 2.66. The van der Waals surface area contributed by atoms with Crippen molar-refractivity contribution in [2.45, 2.75) is 51.6 Å². The Hall–Kier alpha value is -2.77. The number of ether oxygens (including phenoxy) is 1. The van der Waals surface area contributed by atoms with E-state index < -0.39 is 0 Å². The van der Waals surface area contributed by atoms with Crippen LogP contribution in [0.15, 0.2) is 29.3 Å². The Morgan fingerprint density at radius 2 is 2.00 bits per heavy atom. The molecule has 8 nitrogen and oxygen atoms in total. The number of carbonyl (C=O) groups is 2. The average molecular weight is 402 g/mol.